The van der Waals surface area contributed by atoms with Crippen LogP contribution in [0.2, 0.25) is 5.02 Å². The van der Waals surface area contributed by atoms with E-state index in [-0.39, 0.29) is 12.2 Å². The van der Waals surface area contributed by atoms with Gasteiger partial charge in [-0.3, -0.25) is 5.43 Å². The number of hydrogen-bond acceptors (Lipinski definition) is 10. The van der Waals surface area contributed by atoms with Gasteiger partial charge in [-0.05, 0) is 61.7 Å². The zero-order valence-electron chi connectivity index (χ0n) is 26.2. The molecule has 1 heterocycles. The number of aliphatic hydroxyl groups excluding tert-OH is 1. The van der Waals surface area contributed by atoms with Crippen LogP contribution in [0.5, 0.6) is 23.0 Å². The third kappa shape index (κ3) is 8.61. The van der Waals surface area contributed by atoms with E-state index in [1.165, 1.54) is 20.4 Å². The number of benzene rings is 3. The molecular weight excluding hydrogens is 616 g/mol. The topological polar surface area (TPSA) is 149 Å². The van der Waals surface area contributed by atoms with Crippen molar-refractivity contribution < 1.29 is 38.4 Å². The number of allylic oxidation sites excluding steroid dienone is 1. The second kappa shape index (κ2) is 15.9. The Morgan fingerprint density at radius 1 is 1.04 bits per heavy atom. The largest absolute Gasteiger partial charge is 0.493 e. The minimum Gasteiger partial charge on any atom is -0.493 e. The van der Waals surface area contributed by atoms with Crippen LogP contribution >= 0.6 is 11.6 Å². The zero-order chi connectivity index (χ0) is 33.2. The Bertz CT molecular complexity index is 1610. The number of hydrazone groups is 1. The highest BCUT2D eigenvalue weighted by atomic mass is 35.5. The van der Waals surface area contributed by atoms with Gasteiger partial charge < -0.3 is 39.4 Å². The number of hydrogen-bond donors (Lipinski definition) is 4. The summed E-state index contributed by atoms with van der Waals surface area (Å²) in [6.07, 6.45) is 0.295. The maximum absolute atomic E-state index is 12.5. The summed E-state index contributed by atoms with van der Waals surface area (Å²) in [6, 6.07) is 15.1. The van der Waals surface area contributed by atoms with Crippen molar-refractivity contribution >= 4 is 29.8 Å². The third-order valence-electron chi connectivity index (χ3n) is 6.86. The highest BCUT2D eigenvalue weighted by Crippen LogP contribution is 2.37. The lowest BCUT2D eigenvalue weighted by atomic mass is 9.95. The summed E-state index contributed by atoms with van der Waals surface area (Å²) in [6.45, 7) is 5.92. The Labute approximate surface area is 272 Å². The second-order valence-corrected chi connectivity index (χ2v) is 10.6. The molecule has 0 fully saturated rings. The minimum absolute atomic E-state index is 0.177. The van der Waals surface area contributed by atoms with Gasteiger partial charge in [0.05, 0.1) is 43.7 Å². The van der Waals surface area contributed by atoms with Crippen LogP contribution in [0.15, 0.2) is 71.0 Å². The molecule has 244 valence electrons. The minimum atomic E-state index is -1.18. The average molecular weight is 653 g/mol. The fraction of sp³-hybridized carbons (Fsp3) is 0.303. The van der Waals surface area contributed by atoms with Crippen LogP contribution in [-0.4, -0.2) is 57.0 Å². The van der Waals surface area contributed by atoms with Crippen LogP contribution in [-0.2, 0) is 16.1 Å². The molecule has 0 aromatic heterocycles. The summed E-state index contributed by atoms with van der Waals surface area (Å²) in [7, 11) is 2.79. The number of nitrogens with zero attached hydrogens (tertiary/aromatic N) is 1. The first kappa shape index (κ1) is 33.9. The Hall–Kier alpha value is -4.94. The molecule has 3 aromatic carbocycles. The maximum Gasteiger partial charge on any atom is 0.337 e. The number of methoxy groups -OCH3 is 2. The van der Waals surface area contributed by atoms with Gasteiger partial charge in [-0.2, -0.15) is 5.10 Å². The number of ether oxygens (including phenoxy) is 5. The molecule has 0 saturated carbocycles. The number of nitrogens with one attached hydrogen (secondary N) is 3. The number of carbonyl (C=O) groups excluding carboxylic acids is 2. The van der Waals surface area contributed by atoms with Gasteiger partial charge >= 0.3 is 12.0 Å². The summed E-state index contributed by atoms with van der Waals surface area (Å²) < 4.78 is 27.9. The van der Waals surface area contributed by atoms with Crippen molar-refractivity contribution in [3.63, 3.8) is 0 Å². The molecule has 1 aliphatic heterocycles. The second-order valence-electron chi connectivity index (χ2n) is 10.2. The van der Waals surface area contributed by atoms with Gasteiger partial charge in [0.1, 0.15) is 13.2 Å². The van der Waals surface area contributed by atoms with E-state index in [2.05, 4.69) is 21.2 Å². The predicted octanol–water partition coefficient (Wildman–Crippen LogP) is 4.76. The summed E-state index contributed by atoms with van der Waals surface area (Å²) in [5.74, 6) is 0.969. The molecule has 12 nitrogen and oxygen atoms in total. The van der Waals surface area contributed by atoms with Crippen LogP contribution in [0.4, 0.5) is 4.79 Å². The van der Waals surface area contributed by atoms with Gasteiger partial charge in [0, 0.05) is 5.70 Å². The van der Waals surface area contributed by atoms with E-state index in [1.54, 1.807) is 37.3 Å². The normalized spacial score (nSPS) is 15.1. The zero-order valence-corrected chi connectivity index (χ0v) is 26.9. The molecule has 0 aliphatic carbocycles. The molecule has 1 aliphatic rings. The number of halogens is 1. The summed E-state index contributed by atoms with van der Waals surface area (Å²) in [5, 5.41) is 20.2. The molecule has 46 heavy (non-hydrogen) atoms. The number of urea groups is 1. The Kier molecular flexibility index (Phi) is 11.7. The summed E-state index contributed by atoms with van der Waals surface area (Å²) in [4.78, 5) is 24.6. The van der Waals surface area contributed by atoms with Crippen LogP contribution in [0.25, 0.3) is 0 Å². The first-order valence-electron chi connectivity index (χ1n) is 14.4. The lowest BCUT2D eigenvalue weighted by Crippen LogP contribution is -2.45. The van der Waals surface area contributed by atoms with Crippen molar-refractivity contribution in [2.75, 3.05) is 27.4 Å². The number of amides is 2. The van der Waals surface area contributed by atoms with E-state index in [9.17, 15) is 14.7 Å². The highest BCUT2D eigenvalue weighted by Gasteiger charge is 2.32. The highest BCUT2D eigenvalue weighted by molar-refractivity contribution is 6.32. The molecule has 3 aromatic rings. The van der Waals surface area contributed by atoms with E-state index in [1.807, 2.05) is 38.1 Å². The van der Waals surface area contributed by atoms with E-state index in [4.69, 9.17) is 35.3 Å². The van der Waals surface area contributed by atoms with Crippen molar-refractivity contribution in [3.8, 4) is 23.0 Å². The van der Waals surface area contributed by atoms with Crippen LogP contribution < -0.4 is 35.0 Å². The number of esters is 1. The molecular formula is C33H37ClN4O8. The molecule has 2 atom stereocenters. The summed E-state index contributed by atoms with van der Waals surface area (Å²) in [5.41, 5.74) is 6.60. The van der Waals surface area contributed by atoms with Crippen LogP contribution in [0.3, 0.4) is 0 Å². The molecule has 0 spiro atoms. The maximum atomic E-state index is 12.5. The molecule has 0 unspecified atom stereocenters. The monoisotopic (exact) mass is 652 g/mol. The third-order valence-corrected chi connectivity index (χ3v) is 7.15. The molecule has 4 rings (SSSR count). The van der Waals surface area contributed by atoms with Gasteiger partial charge in [-0.15, -0.1) is 0 Å². The van der Waals surface area contributed by atoms with Gasteiger partial charge in [-0.1, -0.05) is 47.5 Å². The van der Waals surface area contributed by atoms with Crippen molar-refractivity contribution in [2.45, 2.75) is 39.6 Å². The first-order chi connectivity index (χ1) is 22.1. The van der Waals surface area contributed by atoms with Crippen molar-refractivity contribution in [1.82, 2.24) is 16.1 Å². The molecule has 13 heteroatoms. The van der Waals surface area contributed by atoms with Gasteiger partial charge in [0.2, 0.25) is 0 Å². The first-order valence-corrected chi connectivity index (χ1v) is 14.8. The van der Waals surface area contributed by atoms with E-state index in [0.29, 0.717) is 58.1 Å². The Morgan fingerprint density at radius 3 is 2.50 bits per heavy atom. The van der Waals surface area contributed by atoms with E-state index in [0.717, 1.165) is 11.1 Å². The SMILES string of the molecule is CCOc1cc([C@@H]2NC(=O)NC(C)=C2C(=O)OC)ccc1OC[C@@H](O)N/N=C\c1cc(Cl)c(OCc2ccc(C)cc2)c(OC)c1. The quantitative estimate of drug-likeness (QED) is 0.0837. The number of carbonyl (C=O) groups is 2. The number of rotatable bonds is 14. The molecule has 4 N–H and O–H groups in total. The Balaban J connectivity index is 1.38. The number of aryl methyl sites for hydroxylation is 1. The summed E-state index contributed by atoms with van der Waals surface area (Å²) >= 11 is 6.49. The average Bonchev–Trinajstić information content (AvgIpc) is 3.03. The van der Waals surface area contributed by atoms with Gasteiger partial charge in [-0.25, -0.2) is 9.59 Å². The smallest absolute Gasteiger partial charge is 0.337 e. The van der Waals surface area contributed by atoms with Crippen LogP contribution in [0, 0.1) is 6.92 Å². The standard InChI is InChI=1S/C33H37ClN4O8/c1-6-44-26-15-23(30-29(32(40)43-5)20(3)36-33(41)37-30)11-12-25(26)45-18-28(39)38-35-16-22-13-24(34)31(27(14-22)42-4)46-17-21-9-7-19(2)8-10-21/h7-16,28,30,38-39H,6,17-18H2,1-5H3,(H2,36,37,41)/b35-16-/t28-,30+/m1/s1. The predicted molar refractivity (Wildman–Crippen MR) is 172 cm³/mol. The number of aliphatic hydroxyl groups is 1. The van der Waals surface area contributed by atoms with Gasteiger partial charge in [0.25, 0.3) is 0 Å². The van der Waals surface area contributed by atoms with E-state index >= 15 is 0 Å². The molecule has 2 amide bonds. The van der Waals surface area contributed by atoms with Crippen molar-refractivity contribution in [2.24, 2.45) is 5.10 Å². The van der Waals surface area contributed by atoms with Gasteiger partial charge in [0.15, 0.2) is 29.2 Å². The van der Waals surface area contributed by atoms with Crippen molar-refractivity contribution in [1.29, 1.82) is 0 Å². The lowest BCUT2D eigenvalue weighted by molar-refractivity contribution is -0.136. The van der Waals surface area contributed by atoms with E-state index < -0.39 is 24.3 Å². The fourth-order valence-electron chi connectivity index (χ4n) is 4.61. The lowest BCUT2D eigenvalue weighted by Gasteiger charge is -2.28. The van der Waals surface area contributed by atoms with Crippen LogP contribution in [0.1, 0.15) is 42.1 Å². The van der Waals surface area contributed by atoms with Crippen molar-refractivity contribution in [3.05, 3.63) is 93.1 Å². The fourth-order valence-corrected chi connectivity index (χ4v) is 4.89. The molecule has 0 saturated heterocycles. The molecule has 0 bridgehead atoms. The molecule has 0 radical (unpaired) electrons. The Morgan fingerprint density at radius 2 is 1.80 bits per heavy atom.